The maximum Gasteiger partial charge on any atom is 0.209 e. The monoisotopic (exact) mass is 474 g/mol. The summed E-state index contributed by atoms with van der Waals surface area (Å²) in [5.74, 6) is 0.146. The van der Waals surface area contributed by atoms with Crippen LogP contribution in [0, 0.1) is 11.2 Å². The molecular weight excluding hydrogens is 439 g/mol. The number of aryl methyl sites for hydroxylation is 2. The zero-order valence-corrected chi connectivity index (χ0v) is 21.1. The van der Waals surface area contributed by atoms with Gasteiger partial charge in [-0.15, -0.1) is 11.3 Å². The number of fused-ring (bicyclic) bond motifs is 3. The Morgan fingerprint density at radius 3 is 2.39 bits per heavy atom. The Morgan fingerprint density at radius 2 is 1.79 bits per heavy atom. The third-order valence-corrected chi connectivity index (χ3v) is 5.74. The number of halogens is 1. The molecular formula is C24H35FN6OS. The molecule has 1 aromatic carbocycles. The summed E-state index contributed by atoms with van der Waals surface area (Å²) in [4.78, 5) is 21.9. The van der Waals surface area contributed by atoms with E-state index in [4.69, 9.17) is 11.1 Å². The molecule has 0 spiro atoms. The molecule has 9 heteroatoms. The number of carbonyl (C=O) groups excluding carboxylic acids is 1. The lowest BCUT2D eigenvalue weighted by atomic mass is 9.97. The molecule has 4 N–H and O–H groups in total. The van der Waals surface area contributed by atoms with Gasteiger partial charge in [0.15, 0.2) is 0 Å². The Labute approximate surface area is 199 Å². The van der Waals surface area contributed by atoms with Gasteiger partial charge in [0.1, 0.15) is 22.8 Å². The number of nitrogen functional groups attached to an aromatic ring is 1. The van der Waals surface area contributed by atoms with Gasteiger partial charge in [-0.3, -0.25) is 4.79 Å². The van der Waals surface area contributed by atoms with Gasteiger partial charge < -0.3 is 21.4 Å². The van der Waals surface area contributed by atoms with Crippen molar-refractivity contribution in [1.29, 1.82) is 5.41 Å². The van der Waals surface area contributed by atoms with Crippen LogP contribution in [-0.2, 0) is 17.6 Å². The molecule has 7 nitrogen and oxygen atoms in total. The number of nitrogens with zero attached hydrogens (tertiary/aromatic N) is 3. The zero-order chi connectivity index (χ0) is 25.0. The summed E-state index contributed by atoms with van der Waals surface area (Å²) in [6.07, 6.45) is 7.80. The molecule has 0 fully saturated rings. The van der Waals surface area contributed by atoms with Crippen molar-refractivity contribution in [2.24, 2.45) is 0 Å². The van der Waals surface area contributed by atoms with Gasteiger partial charge in [-0.25, -0.2) is 14.4 Å². The van der Waals surface area contributed by atoms with Crippen LogP contribution in [0.2, 0.25) is 0 Å². The molecule has 0 atom stereocenters. The number of nitrogens with one attached hydrogen (secondary N) is 2. The van der Waals surface area contributed by atoms with Crippen molar-refractivity contribution in [3.63, 3.8) is 0 Å². The van der Waals surface area contributed by atoms with Crippen LogP contribution >= 0.6 is 11.3 Å². The van der Waals surface area contributed by atoms with Gasteiger partial charge >= 0.3 is 0 Å². The topological polar surface area (TPSA) is 108 Å². The number of hydrogen-bond donors (Lipinski definition) is 3. The molecule has 3 aromatic rings. The molecule has 0 aliphatic heterocycles. The van der Waals surface area contributed by atoms with Crippen molar-refractivity contribution in [2.45, 2.75) is 53.4 Å². The highest BCUT2D eigenvalue weighted by Gasteiger charge is 2.20. The maximum atomic E-state index is 14.3. The lowest BCUT2D eigenvalue weighted by molar-refractivity contribution is -0.115. The first-order chi connectivity index (χ1) is 15.9. The van der Waals surface area contributed by atoms with E-state index < -0.39 is 5.82 Å². The molecule has 1 aliphatic rings. The summed E-state index contributed by atoms with van der Waals surface area (Å²) in [6.45, 7) is 8.00. The average Bonchev–Trinajstić information content (AvgIpc) is 3.23. The van der Waals surface area contributed by atoms with E-state index in [2.05, 4.69) is 15.3 Å². The second-order valence-electron chi connectivity index (χ2n) is 6.91. The third-order valence-electron chi connectivity index (χ3n) is 4.54. The molecule has 0 radical (unpaired) electrons. The van der Waals surface area contributed by atoms with Crippen LogP contribution in [-0.4, -0.2) is 41.6 Å². The molecule has 0 unspecified atom stereocenters. The lowest BCUT2D eigenvalue weighted by Gasteiger charge is -2.13. The summed E-state index contributed by atoms with van der Waals surface area (Å²) in [6, 6.07) is 2.76. The van der Waals surface area contributed by atoms with Gasteiger partial charge in [-0.2, -0.15) is 0 Å². The largest absolute Gasteiger partial charge is 0.398 e. The van der Waals surface area contributed by atoms with Gasteiger partial charge in [0.25, 0.3) is 0 Å². The second-order valence-corrected chi connectivity index (χ2v) is 8.00. The fraction of sp³-hybridized carbons (Fsp3) is 0.417. The molecule has 1 aliphatic carbocycles. The molecule has 0 bridgehead atoms. The third kappa shape index (κ3) is 7.21. The first-order valence-electron chi connectivity index (χ1n) is 11.2. The molecule has 2 heterocycles. The van der Waals surface area contributed by atoms with Gasteiger partial charge in [0, 0.05) is 36.4 Å². The normalized spacial score (nSPS) is 11.4. The van der Waals surface area contributed by atoms with Gasteiger partial charge in [0.05, 0.1) is 11.1 Å². The number of hydrogen-bond acceptors (Lipinski definition) is 7. The molecule has 1 amide bonds. The summed E-state index contributed by atoms with van der Waals surface area (Å²) >= 11 is 1.70. The van der Waals surface area contributed by atoms with Crippen LogP contribution in [0.25, 0.3) is 10.2 Å². The average molecular weight is 475 g/mol. The first kappa shape index (κ1) is 28.0. The number of thiophene rings is 1. The van der Waals surface area contributed by atoms with Crippen molar-refractivity contribution in [3.8, 4) is 0 Å². The van der Waals surface area contributed by atoms with Crippen molar-refractivity contribution in [1.82, 2.24) is 14.9 Å². The van der Waals surface area contributed by atoms with E-state index in [1.165, 1.54) is 40.2 Å². The summed E-state index contributed by atoms with van der Waals surface area (Å²) in [5, 5.41) is 11.4. The smallest absolute Gasteiger partial charge is 0.209 e. The van der Waals surface area contributed by atoms with Crippen LogP contribution in [0.1, 0.15) is 56.5 Å². The van der Waals surface area contributed by atoms with Crippen molar-refractivity contribution in [3.05, 3.63) is 40.3 Å². The van der Waals surface area contributed by atoms with Crippen LogP contribution in [0.15, 0.2) is 18.5 Å². The minimum Gasteiger partial charge on any atom is -0.398 e. The zero-order valence-electron chi connectivity index (χ0n) is 20.3. The van der Waals surface area contributed by atoms with Crippen LogP contribution in [0.4, 0.5) is 21.6 Å². The minimum absolute atomic E-state index is 0.244. The Kier molecular flexibility index (Phi) is 12.0. The quantitative estimate of drug-likeness (QED) is 0.252. The maximum absolute atomic E-state index is 14.3. The van der Waals surface area contributed by atoms with Crippen LogP contribution in [0.5, 0.6) is 0 Å². The van der Waals surface area contributed by atoms with Crippen molar-refractivity contribution in [2.75, 3.05) is 25.1 Å². The summed E-state index contributed by atoms with van der Waals surface area (Å²) < 4.78 is 14.3. The number of nitrogens with two attached hydrogens (primary N) is 1. The Morgan fingerprint density at radius 1 is 1.15 bits per heavy atom. The van der Waals surface area contributed by atoms with Gasteiger partial charge in [-0.1, -0.05) is 27.7 Å². The highest BCUT2D eigenvalue weighted by molar-refractivity contribution is 7.19. The number of aromatic nitrogens is 2. The van der Waals surface area contributed by atoms with Crippen LogP contribution < -0.4 is 11.1 Å². The molecule has 180 valence electrons. The van der Waals surface area contributed by atoms with Gasteiger partial charge in [0.2, 0.25) is 6.41 Å². The van der Waals surface area contributed by atoms with E-state index >= 15 is 0 Å². The second kappa shape index (κ2) is 14.2. The van der Waals surface area contributed by atoms with E-state index in [1.54, 1.807) is 25.4 Å². The van der Waals surface area contributed by atoms with Crippen molar-refractivity contribution >= 4 is 51.4 Å². The predicted molar refractivity (Wildman–Crippen MR) is 138 cm³/mol. The van der Waals surface area contributed by atoms with E-state index in [-0.39, 0.29) is 11.4 Å². The highest BCUT2D eigenvalue weighted by Crippen LogP contribution is 2.39. The van der Waals surface area contributed by atoms with E-state index in [9.17, 15) is 9.18 Å². The lowest BCUT2D eigenvalue weighted by Crippen LogP contribution is -2.06. The van der Waals surface area contributed by atoms with E-state index in [0.29, 0.717) is 11.4 Å². The Bertz CT molecular complexity index is 1050. The van der Waals surface area contributed by atoms with Crippen molar-refractivity contribution < 1.29 is 9.18 Å². The molecule has 0 saturated heterocycles. The number of anilines is 3. The minimum atomic E-state index is -0.464. The van der Waals surface area contributed by atoms with Crippen LogP contribution in [0.3, 0.4) is 0 Å². The molecule has 4 rings (SSSR count). The molecule has 0 saturated carbocycles. The number of rotatable bonds is 4. The van der Waals surface area contributed by atoms with Gasteiger partial charge in [-0.05, 0) is 43.4 Å². The predicted octanol–water partition coefficient (Wildman–Crippen LogP) is 5.79. The SMILES string of the molecule is CC.CC.CN(C)C=O.N=Cc1cc(Nc2ncnc3sc4c(c23)CCCC4)c(F)cc1N. The van der Waals surface area contributed by atoms with E-state index in [1.807, 2.05) is 27.7 Å². The molecule has 33 heavy (non-hydrogen) atoms. The summed E-state index contributed by atoms with van der Waals surface area (Å²) in [5.41, 5.74) is 7.98. The fourth-order valence-electron chi connectivity index (χ4n) is 3.14. The number of benzene rings is 1. The Balaban J connectivity index is 0.000000529. The number of amides is 1. The molecule has 2 aromatic heterocycles. The van der Waals surface area contributed by atoms with E-state index in [0.717, 1.165) is 42.1 Å². The standard InChI is InChI=1S/C17H16FN5S.C3H7NO.2C2H6/c18-11-6-12(20)9(7-19)5-13(11)23-16-15-10-3-1-2-4-14(10)24-17(15)22-8-21-16;1-4(2)3-5;2*1-2/h5-8,19H,1-4,20H2,(H,21,22,23);3H,1-2H3;2*1-2H3. The highest BCUT2D eigenvalue weighted by atomic mass is 32.1. The Hall–Kier alpha value is -3.07. The fourth-order valence-corrected chi connectivity index (χ4v) is 4.37. The first-order valence-corrected chi connectivity index (χ1v) is 12.0. The number of carbonyl (C=O) groups is 1. The summed E-state index contributed by atoms with van der Waals surface area (Å²) in [7, 11) is 3.38.